The average Bonchev–Trinajstić information content (AvgIpc) is 2.80. The number of alkyl carbamates (subject to hydrolysis) is 1. The van der Waals surface area contributed by atoms with Crippen LogP contribution in [0.3, 0.4) is 0 Å². The number of rotatable bonds is 7. The first kappa shape index (κ1) is 28.4. The maximum atomic E-state index is 11.9. The zero-order valence-electron chi connectivity index (χ0n) is 21.0. The molecule has 0 saturated carbocycles. The smallest absolute Gasteiger partial charge is 0.408 e. The largest absolute Gasteiger partial charge is 0.480 e. The lowest BCUT2D eigenvalue weighted by atomic mass is 10.1. The summed E-state index contributed by atoms with van der Waals surface area (Å²) in [6.45, 7) is 7.20. The van der Waals surface area contributed by atoms with Crippen molar-refractivity contribution in [1.29, 1.82) is 0 Å². The Morgan fingerprint density at radius 2 is 1.72 bits per heavy atom. The number of esters is 1. The van der Waals surface area contributed by atoms with Crippen molar-refractivity contribution in [2.75, 3.05) is 6.61 Å². The molecule has 1 amide bonds. The summed E-state index contributed by atoms with van der Waals surface area (Å²) in [5.41, 5.74) is 0.451. The summed E-state index contributed by atoms with van der Waals surface area (Å²) >= 11 is 0. The number of carbonyl (C=O) groups is 4. The third-order valence-electron chi connectivity index (χ3n) is 4.88. The van der Waals surface area contributed by atoms with E-state index in [1.165, 1.54) is 6.92 Å². The van der Waals surface area contributed by atoms with Crippen LogP contribution in [0.2, 0.25) is 0 Å². The number of aliphatic carboxylic acids is 1. The van der Waals surface area contributed by atoms with Crippen LogP contribution >= 0.6 is 0 Å². The highest BCUT2D eigenvalue weighted by molar-refractivity contribution is 5.96. The quantitative estimate of drug-likeness (QED) is 0.406. The molecule has 1 aliphatic heterocycles. The van der Waals surface area contributed by atoms with Crippen LogP contribution < -0.4 is 10.1 Å². The number of amides is 1. The summed E-state index contributed by atoms with van der Waals surface area (Å²) in [5.74, 6) is -0.343. The van der Waals surface area contributed by atoms with Crippen molar-refractivity contribution in [3.05, 3.63) is 59.7 Å². The number of nitrogens with one attached hydrogen (secondary N) is 1. The molecule has 36 heavy (non-hydrogen) atoms. The van der Waals surface area contributed by atoms with Gasteiger partial charge in [0.05, 0.1) is 12.2 Å². The highest BCUT2D eigenvalue weighted by atomic mass is 16.6. The van der Waals surface area contributed by atoms with Crippen molar-refractivity contribution in [1.82, 2.24) is 5.32 Å². The summed E-state index contributed by atoms with van der Waals surface area (Å²) in [4.78, 5) is 45.3. The normalized spacial score (nSPS) is 13.8. The number of carbonyl (C=O) groups excluding carboxylic acids is 3. The molecule has 194 valence electrons. The predicted molar refractivity (Wildman–Crippen MR) is 132 cm³/mol. The molecular formula is C27H33NO8. The molecule has 1 fully saturated rings. The van der Waals surface area contributed by atoms with E-state index in [0.29, 0.717) is 35.7 Å². The predicted octanol–water partition coefficient (Wildman–Crippen LogP) is 4.92. The maximum absolute atomic E-state index is 11.9. The Kier molecular flexibility index (Phi) is 10.5. The maximum Gasteiger partial charge on any atom is 0.408 e. The fraction of sp³-hybridized carbons (Fsp3) is 0.407. The van der Waals surface area contributed by atoms with Gasteiger partial charge in [-0.3, -0.25) is 9.59 Å². The van der Waals surface area contributed by atoms with Crippen molar-refractivity contribution >= 4 is 23.8 Å². The zero-order valence-corrected chi connectivity index (χ0v) is 21.0. The van der Waals surface area contributed by atoms with Gasteiger partial charge in [-0.25, -0.2) is 9.59 Å². The summed E-state index contributed by atoms with van der Waals surface area (Å²) in [6, 6.07) is 12.6. The standard InChI is InChI=1S/C22H25NO6.C5H8O2/c1-14(24)17-7-5-6-8-19(17)28-16-11-9-15(10-12-16)13-18(20(25)26)23-21(27)29-22(2,3)4;6-5-3-1-2-4-7-5/h5-12,18H,13H2,1-4H3,(H,23,27)(H,25,26);1-4H2. The second-order valence-electron chi connectivity index (χ2n) is 9.22. The van der Waals surface area contributed by atoms with Gasteiger partial charge in [-0.2, -0.15) is 0 Å². The van der Waals surface area contributed by atoms with E-state index in [0.717, 1.165) is 12.8 Å². The van der Waals surface area contributed by atoms with E-state index in [1.54, 1.807) is 69.3 Å². The molecule has 2 N–H and O–H groups in total. The van der Waals surface area contributed by atoms with Gasteiger partial charge in [0.2, 0.25) is 0 Å². The average molecular weight is 500 g/mol. The van der Waals surface area contributed by atoms with Crippen molar-refractivity contribution in [2.45, 2.75) is 65.0 Å². The molecule has 1 heterocycles. The monoisotopic (exact) mass is 499 g/mol. The minimum atomic E-state index is -1.16. The Balaban J connectivity index is 0.000000558. The number of cyclic esters (lactones) is 1. The number of carboxylic acid groups (broad SMARTS) is 1. The molecule has 0 aliphatic carbocycles. The SMILES string of the molecule is CC(=O)c1ccccc1Oc1ccc(CC(NC(=O)OC(C)(C)C)C(=O)O)cc1.O=C1CCCCO1. The van der Waals surface area contributed by atoms with E-state index in [-0.39, 0.29) is 18.2 Å². The van der Waals surface area contributed by atoms with Gasteiger partial charge in [0.25, 0.3) is 0 Å². The fourth-order valence-corrected chi connectivity index (χ4v) is 3.18. The topological polar surface area (TPSA) is 128 Å². The van der Waals surface area contributed by atoms with Crippen LogP contribution in [0.1, 0.15) is 62.9 Å². The molecule has 1 atom stereocenters. The molecule has 0 spiro atoms. The van der Waals surface area contributed by atoms with E-state index >= 15 is 0 Å². The van der Waals surface area contributed by atoms with Gasteiger partial charge in [0.15, 0.2) is 5.78 Å². The fourth-order valence-electron chi connectivity index (χ4n) is 3.18. The molecule has 2 aromatic rings. The first-order valence-electron chi connectivity index (χ1n) is 11.7. The number of hydrogen-bond donors (Lipinski definition) is 2. The van der Waals surface area contributed by atoms with E-state index in [4.69, 9.17) is 9.47 Å². The molecule has 0 aromatic heterocycles. The molecular weight excluding hydrogens is 466 g/mol. The number of ether oxygens (including phenoxy) is 3. The second kappa shape index (κ2) is 13.3. The Labute approximate surface area is 210 Å². The van der Waals surface area contributed by atoms with Gasteiger partial charge in [-0.1, -0.05) is 24.3 Å². The van der Waals surface area contributed by atoms with E-state index in [1.807, 2.05) is 0 Å². The lowest BCUT2D eigenvalue weighted by Crippen LogP contribution is -2.44. The Bertz CT molecular complexity index is 1050. The summed E-state index contributed by atoms with van der Waals surface area (Å²) in [7, 11) is 0. The molecule has 2 aromatic carbocycles. The van der Waals surface area contributed by atoms with E-state index < -0.39 is 23.7 Å². The van der Waals surface area contributed by atoms with Crippen LogP contribution in [-0.2, 0) is 25.5 Å². The lowest BCUT2D eigenvalue weighted by Gasteiger charge is -2.22. The van der Waals surface area contributed by atoms with Gasteiger partial charge >= 0.3 is 18.0 Å². The van der Waals surface area contributed by atoms with Crippen molar-refractivity contribution < 1.29 is 38.5 Å². The molecule has 1 aliphatic rings. The van der Waals surface area contributed by atoms with Gasteiger partial charge < -0.3 is 24.6 Å². The minimum absolute atomic E-state index is 0.0359. The molecule has 0 bridgehead atoms. The molecule has 3 rings (SSSR count). The first-order valence-corrected chi connectivity index (χ1v) is 11.7. The summed E-state index contributed by atoms with van der Waals surface area (Å²) < 4.78 is 15.5. The van der Waals surface area contributed by atoms with Crippen molar-refractivity contribution in [3.8, 4) is 11.5 Å². The third kappa shape index (κ3) is 10.2. The number of ketones is 1. The Morgan fingerprint density at radius 1 is 1.06 bits per heavy atom. The van der Waals surface area contributed by atoms with Crippen LogP contribution in [0.5, 0.6) is 11.5 Å². The van der Waals surface area contributed by atoms with Crippen molar-refractivity contribution in [2.24, 2.45) is 0 Å². The summed E-state index contributed by atoms with van der Waals surface area (Å²) in [6.07, 6.45) is 1.98. The number of benzene rings is 2. The van der Waals surface area contributed by atoms with Gasteiger partial charge in [0.1, 0.15) is 23.1 Å². The van der Waals surface area contributed by atoms with Crippen LogP contribution in [-0.4, -0.2) is 47.2 Å². The molecule has 9 heteroatoms. The lowest BCUT2D eigenvalue weighted by molar-refractivity contribution is -0.146. The highest BCUT2D eigenvalue weighted by Crippen LogP contribution is 2.26. The second-order valence-corrected chi connectivity index (χ2v) is 9.22. The van der Waals surface area contributed by atoms with Gasteiger partial charge in [-0.05, 0) is 70.4 Å². The van der Waals surface area contributed by atoms with Crippen LogP contribution in [0.15, 0.2) is 48.5 Å². The minimum Gasteiger partial charge on any atom is -0.480 e. The zero-order chi connectivity index (χ0) is 26.7. The molecule has 9 nitrogen and oxygen atoms in total. The molecule has 1 saturated heterocycles. The third-order valence-corrected chi connectivity index (χ3v) is 4.88. The number of Topliss-reactive ketones (excluding diaryl/α,β-unsaturated/α-hetero) is 1. The van der Waals surface area contributed by atoms with Crippen LogP contribution in [0.25, 0.3) is 0 Å². The Hall–Kier alpha value is -3.88. The van der Waals surface area contributed by atoms with Crippen LogP contribution in [0, 0.1) is 0 Å². The number of hydrogen-bond acceptors (Lipinski definition) is 7. The number of para-hydroxylation sites is 1. The number of carboxylic acids is 1. The van der Waals surface area contributed by atoms with E-state index in [9.17, 15) is 24.3 Å². The summed E-state index contributed by atoms with van der Waals surface area (Å²) in [5, 5.41) is 11.8. The molecule has 0 radical (unpaired) electrons. The van der Waals surface area contributed by atoms with Crippen molar-refractivity contribution in [3.63, 3.8) is 0 Å². The highest BCUT2D eigenvalue weighted by Gasteiger charge is 2.24. The van der Waals surface area contributed by atoms with Crippen LogP contribution in [0.4, 0.5) is 4.79 Å². The van der Waals surface area contributed by atoms with E-state index in [2.05, 4.69) is 10.1 Å². The molecule has 1 unspecified atom stereocenters. The van der Waals surface area contributed by atoms with Gasteiger partial charge in [0, 0.05) is 12.8 Å². The Morgan fingerprint density at radius 3 is 2.22 bits per heavy atom. The van der Waals surface area contributed by atoms with Gasteiger partial charge in [-0.15, -0.1) is 0 Å². The first-order chi connectivity index (χ1) is 16.9.